The summed E-state index contributed by atoms with van der Waals surface area (Å²) < 4.78 is 5.92. The third-order valence-corrected chi connectivity index (χ3v) is 3.43. The van der Waals surface area contributed by atoms with Crippen molar-refractivity contribution in [3.8, 4) is 0 Å². The zero-order chi connectivity index (χ0) is 11.5. The van der Waals surface area contributed by atoms with E-state index in [4.69, 9.17) is 4.52 Å². The predicted octanol–water partition coefficient (Wildman–Crippen LogP) is 2.74. The van der Waals surface area contributed by atoms with Crippen molar-refractivity contribution in [2.75, 3.05) is 0 Å². The van der Waals surface area contributed by atoms with Crippen molar-refractivity contribution >= 4 is 33.2 Å². The number of aryl methyl sites for hydroxylation is 1. The van der Waals surface area contributed by atoms with E-state index in [0.717, 1.165) is 9.48 Å². The third kappa shape index (κ3) is 2.70. The molecule has 0 aliphatic rings. The molecule has 0 atom stereocenters. The first kappa shape index (κ1) is 11.3. The summed E-state index contributed by atoms with van der Waals surface area (Å²) in [6.45, 7) is 2.19. The van der Waals surface area contributed by atoms with Gasteiger partial charge in [0.05, 0.1) is 21.6 Å². The van der Waals surface area contributed by atoms with Crippen molar-refractivity contribution in [2.24, 2.45) is 0 Å². The second-order valence-electron chi connectivity index (χ2n) is 3.26. The summed E-state index contributed by atoms with van der Waals surface area (Å²) in [5, 5.41) is 8.29. The molecule has 0 bridgehead atoms. The van der Waals surface area contributed by atoms with Crippen molar-refractivity contribution < 1.29 is 9.32 Å². The molecule has 6 heteroatoms. The number of hydrogen-bond acceptors (Lipinski definition) is 4. The molecule has 0 aliphatic carbocycles. The molecule has 0 fully saturated rings. The van der Waals surface area contributed by atoms with Gasteiger partial charge in [0.25, 0.3) is 5.91 Å². The van der Waals surface area contributed by atoms with Crippen molar-refractivity contribution in [1.29, 1.82) is 0 Å². The maximum atomic E-state index is 11.7. The zero-order valence-corrected chi connectivity index (χ0v) is 10.9. The van der Waals surface area contributed by atoms with Crippen LogP contribution in [0.2, 0.25) is 0 Å². The fraction of sp³-hybridized carbons (Fsp3) is 0.200. The van der Waals surface area contributed by atoms with Crippen molar-refractivity contribution in [3.05, 3.63) is 38.3 Å². The van der Waals surface area contributed by atoms with Gasteiger partial charge in [0.1, 0.15) is 0 Å². The first-order valence-electron chi connectivity index (χ1n) is 4.59. The maximum Gasteiger partial charge on any atom is 0.252 e. The van der Waals surface area contributed by atoms with Gasteiger partial charge in [0.15, 0.2) is 5.76 Å². The largest absolute Gasteiger partial charge is 0.359 e. The van der Waals surface area contributed by atoms with E-state index < -0.39 is 0 Å². The van der Waals surface area contributed by atoms with Crippen LogP contribution >= 0.6 is 27.3 Å². The van der Waals surface area contributed by atoms with Gasteiger partial charge >= 0.3 is 0 Å². The van der Waals surface area contributed by atoms with Gasteiger partial charge < -0.3 is 9.84 Å². The molecule has 0 aromatic carbocycles. The molecule has 0 unspecified atom stereocenters. The molecule has 84 valence electrons. The smallest absolute Gasteiger partial charge is 0.252 e. The van der Waals surface area contributed by atoms with E-state index in [1.807, 2.05) is 6.92 Å². The first-order chi connectivity index (χ1) is 7.65. The highest BCUT2D eigenvalue weighted by atomic mass is 79.9. The third-order valence-electron chi connectivity index (χ3n) is 1.93. The minimum Gasteiger partial charge on any atom is -0.359 e. The summed E-state index contributed by atoms with van der Waals surface area (Å²) in [5.41, 5.74) is 1.45. The number of amides is 1. The van der Waals surface area contributed by atoms with Crippen LogP contribution in [0.25, 0.3) is 0 Å². The standard InChI is InChI=1S/C10H9BrN2O2S/c1-6-2-8(15-13-6)4-12-10(14)7-3-9(11)16-5-7/h2-3,5H,4H2,1H3,(H,12,14). The molecule has 0 saturated heterocycles. The molecular formula is C10H9BrN2O2S. The highest BCUT2D eigenvalue weighted by Gasteiger charge is 2.08. The fourth-order valence-corrected chi connectivity index (χ4v) is 2.33. The van der Waals surface area contributed by atoms with Crippen LogP contribution in [0.15, 0.2) is 25.8 Å². The second-order valence-corrected chi connectivity index (χ2v) is 5.55. The van der Waals surface area contributed by atoms with Crippen LogP contribution in [0.5, 0.6) is 0 Å². The van der Waals surface area contributed by atoms with E-state index in [0.29, 0.717) is 17.9 Å². The summed E-state index contributed by atoms with van der Waals surface area (Å²) >= 11 is 4.79. The van der Waals surface area contributed by atoms with Gasteiger partial charge in [-0.2, -0.15) is 0 Å². The molecule has 2 aromatic heterocycles. The lowest BCUT2D eigenvalue weighted by molar-refractivity contribution is 0.0947. The Labute approximate surface area is 105 Å². The molecule has 2 aromatic rings. The normalized spacial score (nSPS) is 10.4. The van der Waals surface area contributed by atoms with E-state index in [-0.39, 0.29) is 5.91 Å². The number of rotatable bonds is 3. The molecule has 16 heavy (non-hydrogen) atoms. The van der Waals surface area contributed by atoms with Crippen LogP contribution in [0.4, 0.5) is 0 Å². The molecule has 1 amide bonds. The van der Waals surface area contributed by atoms with E-state index in [1.165, 1.54) is 11.3 Å². The molecule has 0 aliphatic heterocycles. The van der Waals surface area contributed by atoms with E-state index in [9.17, 15) is 4.79 Å². The number of carbonyl (C=O) groups is 1. The average Bonchev–Trinajstić information content (AvgIpc) is 2.84. The molecule has 0 radical (unpaired) electrons. The first-order valence-corrected chi connectivity index (χ1v) is 6.27. The van der Waals surface area contributed by atoms with Gasteiger partial charge in [0, 0.05) is 11.4 Å². The Morgan fingerprint density at radius 2 is 2.44 bits per heavy atom. The predicted molar refractivity (Wildman–Crippen MR) is 64.4 cm³/mol. The quantitative estimate of drug-likeness (QED) is 0.948. The van der Waals surface area contributed by atoms with E-state index >= 15 is 0 Å². The number of nitrogens with one attached hydrogen (secondary N) is 1. The molecule has 4 nitrogen and oxygen atoms in total. The highest BCUT2D eigenvalue weighted by Crippen LogP contribution is 2.20. The molecule has 1 N–H and O–H groups in total. The summed E-state index contributed by atoms with van der Waals surface area (Å²) in [6.07, 6.45) is 0. The van der Waals surface area contributed by atoms with Crippen LogP contribution < -0.4 is 5.32 Å². The lowest BCUT2D eigenvalue weighted by Crippen LogP contribution is -2.21. The number of aromatic nitrogens is 1. The average molecular weight is 301 g/mol. The molecule has 0 saturated carbocycles. The maximum absolute atomic E-state index is 11.7. The van der Waals surface area contributed by atoms with Gasteiger partial charge in [-0.15, -0.1) is 11.3 Å². The Kier molecular flexibility index (Phi) is 3.40. The second kappa shape index (κ2) is 4.80. The van der Waals surface area contributed by atoms with Crippen LogP contribution in [-0.4, -0.2) is 11.1 Å². The van der Waals surface area contributed by atoms with Crippen LogP contribution in [0.1, 0.15) is 21.8 Å². The summed E-state index contributed by atoms with van der Waals surface area (Å²) in [7, 11) is 0. The van der Waals surface area contributed by atoms with Gasteiger partial charge in [0.2, 0.25) is 0 Å². The number of carbonyl (C=O) groups excluding carboxylic acids is 1. The highest BCUT2D eigenvalue weighted by molar-refractivity contribution is 9.11. The Bertz CT molecular complexity index is 506. The monoisotopic (exact) mass is 300 g/mol. The summed E-state index contributed by atoms with van der Waals surface area (Å²) in [5.74, 6) is 0.538. The van der Waals surface area contributed by atoms with Gasteiger partial charge in [-0.1, -0.05) is 5.16 Å². The van der Waals surface area contributed by atoms with Crippen molar-refractivity contribution in [2.45, 2.75) is 13.5 Å². The minimum absolute atomic E-state index is 0.115. The molecular weight excluding hydrogens is 292 g/mol. The lowest BCUT2D eigenvalue weighted by atomic mass is 10.3. The minimum atomic E-state index is -0.115. The van der Waals surface area contributed by atoms with Crippen LogP contribution in [0, 0.1) is 6.92 Å². The Balaban J connectivity index is 1.93. The molecule has 2 rings (SSSR count). The zero-order valence-electron chi connectivity index (χ0n) is 8.49. The molecule has 0 spiro atoms. The van der Waals surface area contributed by atoms with Gasteiger partial charge in [-0.25, -0.2) is 0 Å². The van der Waals surface area contributed by atoms with Gasteiger partial charge in [-0.05, 0) is 28.9 Å². The number of thiophene rings is 1. The van der Waals surface area contributed by atoms with Crippen molar-refractivity contribution in [1.82, 2.24) is 10.5 Å². The topological polar surface area (TPSA) is 55.1 Å². The van der Waals surface area contributed by atoms with Crippen molar-refractivity contribution in [3.63, 3.8) is 0 Å². The SMILES string of the molecule is Cc1cc(CNC(=O)c2csc(Br)c2)on1. The number of nitrogens with zero attached hydrogens (tertiary/aromatic N) is 1. The lowest BCUT2D eigenvalue weighted by Gasteiger charge is -1.99. The fourth-order valence-electron chi connectivity index (χ4n) is 1.20. The summed E-state index contributed by atoms with van der Waals surface area (Å²) in [6, 6.07) is 3.58. The summed E-state index contributed by atoms with van der Waals surface area (Å²) in [4.78, 5) is 11.7. The van der Waals surface area contributed by atoms with E-state index in [2.05, 4.69) is 26.4 Å². The Hall–Kier alpha value is -1.14. The molecule has 2 heterocycles. The van der Waals surface area contributed by atoms with Gasteiger partial charge in [-0.3, -0.25) is 4.79 Å². The van der Waals surface area contributed by atoms with Crippen LogP contribution in [0.3, 0.4) is 0 Å². The Morgan fingerprint density at radius 3 is 3.00 bits per heavy atom. The van der Waals surface area contributed by atoms with E-state index in [1.54, 1.807) is 17.5 Å². The van der Waals surface area contributed by atoms with Crippen LogP contribution in [-0.2, 0) is 6.54 Å². The number of halogens is 1. The number of hydrogen-bond donors (Lipinski definition) is 1. The Morgan fingerprint density at radius 1 is 1.62 bits per heavy atom.